The van der Waals surface area contributed by atoms with Crippen LogP contribution in [-0.4, -0.2) is 38.6 Å². The molecular formula is C27H25N3O6S. The zero-order chi connectivity index (χ0) is 26.3. The van der Waals surface area contributed by atoms with E-state index in [2.05, 4.69) is 15.3 Å². The van der Waals surface area contributed by atoms with Gasteiger partial charge in [0.2, 0.25) is 9.84 Å². The second-order valence-electron chi connectivity index (χ2n) is 7.82. The number of aromatic nitrogens is 2. The lowest BCUT2D eigenvalue weighted by Gasteiger charge is -2.17. The zero-order valence-corrected chi connectivity index (χ0v) is 21.1. The highest BCUT2D eigenvalue weighted by Gasteiger charge is 2.24. The molecule has 0 bridgehead atoms. The van der Waals surface area contributed by atoms with E-state index in [1.165, 1.54) is 32.5 Å². The van der Waals surface area contributed by atoms with Crippen LogP contribution in [0.4, 0.5) is 5.69 Å². The number of hydrogen-bond acceptors (Lipinski definition) is 9. The van der Waals surface area contributed by atoms with E-state index >= 15 is 0 Å². The maximum absolute atomic E-state index is 13.4. The first kappa shape index (κ1) is 25.6. The highest BCUT2D eigenvalue weighted by molar-refractivity contribution is 7.91. The Hall–Kier alpha value is -4.44. The van der Waals surface area contributed by atoms with Crippen molar-refractivity contribution in [2.45, 2.75) is 23.1 Å². The molecule has 0 fully saturated rings. The number of pyridine rings is 2. The van der Waals surface area contributed by atoms with E-state index in [4.69, 9.17) is 14.2 Å². The monoisotopic (exact) mass is 519 g/mol. The Balaban J connectivity index is 1.64. The van der Waals surface area contributed by atoms with Crippen LogP contribution in [0.15, 0.2) is 95.2 Å². The van der Waals surface area contributed by atoms with E-state index in [1.807, 2.05) is 6.07 Å². The Morgan fingerprint density at radius 3 is 2.43 bits per heavy atom. The van der Waals surface area contributed by atoms with Crippen LogP contribution in [0.3, 0.4) is 0 Å². The number of esters is 1. The Labute approximate surface area is 215 Å². The number of hydrogen-bond donors (Lipinski definition) is 1. The van der Waals surface area contributed by atoms with Crippen molar-refractivity contribution in [3.8, 4) is 11.5 Å². The van der Waals surface area contributed by atoms with Crippen LogP contribution in [0.1, 0.15) is 21.5 Å². The number of carbonyl (C=O) groups excluding carboxylic acids is 1. The Morgan fingerprint density at radius 1 is 0.946 bits per heavy atom. The number of sulfone groups is 1. The maximum atomic E-state index is 13.4. The molecule has 0 amide bonds. The van der Waals surface area contributed by atoms with Gasteiger partial charge in [-0.15, -0.1) is 0 Å². The molecule has 4 rings (SSSR count). The molecule has 4 aromatic rings. The number of ether oxygens (including phenoxy) is 3. The van der Waals surface area contributed by atoms with Crippen LogP contribution in [0.2, 0.25) is 0 Å². The second kappa shape index (κ2) is 11.5. The van der Waals surface area contributed by atoms with Gasteiger partial charge in [0.15, 0.2) is 5.03 Å². The maximum Gasteiger partial charge on any atom is 0.340 e. The number of rotatable bonds is 10. The molecule has 0 saturated heterocycles. The number of para-hydroxylation sites is 1. The van der Waals surface area contributed by atoms with Crippen LogP contribution in [0.25, 0.3) is 0 Å². The van der Waals surface area contributed by atoms with Gasteiger partial charge in [0.25, 0.3) is 0 Å². The van der Waals surface area contributed by atoms with Crippen molar-refractivity contribution < 1.29 is 27.4 Å². The largest absolute Gasteiger partial charge is 0.497 e. The molecule has 0 saturated carbocycles. The molecule has 0 aliphatic rings. The van der Waals surface area contributed by atoms with Crippen LogP contribution in [-0.2, 0) is 27.7 Å². The molecule has 10 heteroatoms. The van der Waals surface area contributed by atoms with Crippen molar-refractivity contribution in [2.24, 2.45) is 0 Å². The number of benzene rings is 2. The Bertz CT molecular complexity index is 1480. The van der Waals surface area contributed by atoms with Crippen LogP contribution in [0.5, 0.6) is 11.5 Å². The molecule has 2 aromatic carbocycles. The van der Waals surface area contributed by atoms with Gasteiger partial charge in [-0.25, -0.2) is 18.2 Å². The van der Waals surface area contributed by atoms with Crippen molar-refractivity contribution >= 4 is 21.5 Å². The molecule has 0 aliphatic heterocycles. The van der Waals surface area contributed by atoms with Gasteiger partial charge in [-0.3, -0.25) is 4.98 Å². The quantitative estimate of drug-likeness (QED) is 0.306. The number of anilines is 1. The van der Waals surface area contributed by atoms with Gasteiger partial charge in [0.1, 0.15) is 18.1 Å². The first-order chi connectivity index (χ1) is 17.9. The minimum Gasteiger partial charge on any atom is -0.497 e. The average molecular weight is 520 g/mol. The van der Waals surface area contributed by atoms with E-state index in [1.54, 1.807) is 60.9 Å². The summed E-state index contributed by atoms with van der Waals surface area (Å²) in [6, 6.07) is 18.1. The lowest BCUT2D eigenvalue weighted by atomic mass is 10.1. The van der Waals surface area contributed by atoms with E-state index in [-0.39, 0.29) is 28.6 Å². The second-order valence-corrected chi connectivity index (χ2v) is 9.69. The predicted octanol–water partition coefficient (Wildman–Crippen LogP) is 4.30. The molecule has 37 heavy (non-hydrogen) atoms. The van der Waals surface area contributed by atoms with Crippen LogP contribution in [0, 0.1) is 0 Å². The van der Waals surface area contributed by atoms with Crippen molar-refractivity contribution in [3.63, 3.8) is 0 Å². The minimum absolute atomic E-state index is 0.0514. The number of methoxy groups -OCH3 is 2. The molecule has 0 atom stereocenters. The lowest BCUT2D eigenvalue weighted by Crippen LogP contribution is -2.14. The predicted molar refractivity (Wildman–Crippen MR) is 136 cm³/mol. The third kappa shape index (κ3) is 5.87. The van der Waals surface area contributed by atoms with Crippen molar-refractivity contribution in [1.29, 1.82) is 0 Å². The third-order valence-corrected chi connectivity index (χ3v) is 7.25. The van der Waals surface area contributed by atoms with E-state index in [9.17, 15) is 13.2 Å². The highest BCUT2D eigenvalue weighted by atomic mass is 32.2. The van der Waals surface area contributed by atoms with Gasteiger partial charge in [-0.1, -0.05) is 18.2 Å². The van der Waals surface area contributed by atoms with Gasteiger partial charge in [-0.2, -0.15) is 0 Å². The molecule has 0 spiro atoms. The summed E-state index contributed by atoms with van der Waals surface area (Å²) in [4.78, 5) is 20.8. The Kier molecular flexibility index (Phi) is 7.99. The molecule has 1 N–H and O–H groups in total. The molecule has 2 heterocycles. The lowest BCUT2D eigenvalue weighted by molar-refractivity contribution is 0.0601. The minimum atomic E-state index is -3.92. The topological polar surface area (TPSA) is 117 Å². The summed E-state index contributed by atoms with van der Waals surface area (Å²) in [5.74, 6) is 0.377. The fraction of sp³-hybridized carbons (Fsp3) is 0.148. The van der Waals surface area contributed by atoms with Gasteiger partial charge >= 0.3 is 5.97 Å². The molecule has 0 aliphatic carbocycles. The van der Waals surface area contributed by atoms with Crippen molar-refractivity contribution in [2.75, 3.05) is 19.5 Å². The van der Waals surface area contributed by atoms with E-state index < -0.39 is 15.8 Å². The van der Waals surface area contributed by atoms with Gasteiger partial charge in [-0.05, 0) is 48.5 Å². The summed E-state index contributed by atoms with van der Waals surface area (Å²) in [5.41, 5.74) is 1.87. The molecule has 190 valence electrons. The summed E-state index contributed by atoms with van der Waals surface area (Å²) >= 11 is 0. The highest BCUT2D eigenvalue weighted by Crippen LogP contribution is 2.31. The Morgan fingerprint density at radius 2 is 1.73 bits per heavy atom. The van der Waals surface area contributed by atoms with Crippen molar-refractivity contribution in [3.05, 3.63) is 102 Å². The number of carbonyl (C=O) groups is 1. The first-order valence-electron chi connectivity index (χ1n) is 11.2. The molecule has 9 nitrogen and oxygen atoms in total. The SMILES string of the molecule is COC(=O)c1cccc(OCc2cccnc2)c1NCc1cccnc1S(=O)(=O)c1ccc(OC)cc1. The number of nitrogens with zero attached hydrogens (tertiary/aromatic N) is 2. The van der Waals surface area contributed by atoms with Crippen LogP contribution < -0.4 is 14.8 Å². The summed E-state index contributed by atoms with van der Waals surface area (Å²) in [5, 5.41) is 3.07. The molecule has 0 unspecified atom stereocenters. The zero-order valence-electron chi connectivity index (χ0n) is 20.2. The van der Waals surface area contributed by atoms with E-state index in [0.717, 1.165) is 5.56 Å². The smallest absolute Gasteiger partial charge is 0.340 e. The first-order valence-corrected chi connectivity index (χ1v) is 12.7. The van der Waals surface area contributed by atoms with Crippen molar-refractivity contribution in [1.82, 2.24) is 9.97 Å². The summed E-state index contributed by atoms with van der Waals surface area (Å²) in [6.07, 6.45) is 4.77. The van der Waals surface area contributed by atoms with Crippen LogP contribution >= 0.6 is 0 Å². The van der Waals surface area contributed by atoms with Gasteiger partial charge in [0, 0.05) is 36.3 Å². The molecule has 0 radical (unpaired) electrons. The molecule has 2 aromatic heterocycles. The summed E-state index contributed by atoms with van der Waals surface area (Å²) in [7, 11) is -1.13. The standard InChI is InChI=1S/C27H25N3O6S/c1-34-21-10-12-22(13-11-21)37(32,33)26-20(7-5-15-29-26)17-30-25-23(27(31)35-2)8-3-9-24(25)36-18-19-6-4-14-28-16-19/h3-16,30H,17-18H2,1-2H3. The molecular weight excluding hydrogens is 494 g/mol. The summed E-state index contributed by atoms with van der Waals surface area (Å²) in [6.45, 7) is 0.271. The fourth-order valence-electron chi connectivity index (χ4n) is 3.61. The van der Waals surface area contributed by atoms with Gasteiger partial charge < -0.3 is 19.5 Å². The third-order valence-electron chi connectivity index (χ3n) is 5.48. The normalized spacial score (nSPS) is 11.0. The average Bonchev–Trinajstić information content (AvgIpc) is 2.95. The van der Waals surface area contributed by atoms with E-state index in [0.29, 0.717) is 22.7 Å². The number of nitrogens with one attached hydrogen (secondary N) is 1. The van der Waals surface area contributed by atoms with Gasteiger partial charge in [0.05, 0.1) is 30.4 Å². The fourth-order valence-corrected chi connectivity index (χ4v) is 5.01. The summed E-state index contributed by atoms with van der Waals surface area (Å²) < 4.78 is 42.8.